The molecule has 1 aliphatic carbocycles. The van der Waals surface area contributed by atoms with Gasteiger partial charge in [0.1, 0.15) is 16.9 Å². The first-order valence-corrected chi connectivity index (χ1v) is 6.45. The Bertz CT molecular complexity index is 584. The summed E-state index contributed by atoms with van der Waals surface area (Å²) in [5.41, 5.74) is 3.15. The van der Waals surface area contributed by atoms with Crippen molar-refractivity contribution in [3.8, 4) is 5.75 Å². The van der Waals surface area contributed by atoms with Gasteiger partial charge in [-0.15, -0.1) is 0 Å². The summed E-state index contributed by atoms with van der Waals surface area (Å²) >= 11 is 0. The number of halogens is 2. The summed E-state index contributed by atoms with van der Waals surface area (Å²) in [6.45, 7) is 5.05. The van der Waals surface area contributed by atoms with Crippen molar-refractivity contribution in [2.24, 2.45) is 5.73 Å². The molecule has 1 aromatic carbocycles. The molecule has 0 heterocycles. The van der Waals surface area contributed by atoms with Crippen LogP contribution in [-0.4, -0.2) is 22.7 Å². The molecule has 1 unspecified atom stereocenters. The van der Waals surface area contributed by atoms with Crippen molar-refractivity contribution in [3.63, 3.8) is 0 Å². The maximum Gasteiger partial charge on any atom is 0.412 e. The molecule has 1 saturated carbocycles. The third-order valence-electron chi connectivity index (χ3n) is 3.15. The van der Waals surface area contributed by atoms with Crippen LogP contribution < -0.4 is 11.1 Å². The van der Waals surface area contributed by atoms with Crippen LogP contribution in [0.4, 0.5) is 19.3 Å². The SMILES string of the molecule is CC(C)(C)OC(=O)Nc1ccc(O)cc1C1(N)CC1(F)F. The molecule has 1 aliphatic rings. The van der Waals surface area contributed by atoms with Crippen LogP contribution in [0.25, 0.3) is 0 Å². The van der Waals surface area contributed by atoms with Gasteiger partial charge in [0.05, 0.1) is 0 Å². The van der Waals surface area contributed by atoms with Crippen molar-refractivity contribution in [1.82, 2.24) is 0 Å². The van der Waals surface area contributed by atoms with Gasteiger partial charge in [-0.25, -0.2) is 13.6 Å². The third-order valence-corrected chi connectivity index (χ3v) is 3.15. The molecule has 0 spiro atoms. The minimum Gasteiger partial charge on any atom is -0.508 e. The van der Waals surface area contributed by atoms with Gasteiger partial charge in [0, 0.05) is 17.7 Å². The highest BCUT2D eigenvalue weighted by Gasteiger charge is 2.70. The van der Waals surface area contributed by atoms with Crippen molar-refractivity contribution in [3.05, 3.63) is 23.8 Å². The number of rotatable bonds is 2. The first-order valence-electron chi connectivity index (χ1n) is 6.45. The van der Waals surface area contributed by atoms with E-state index in [1.807, 2.05) is 0 Å². The van der Waals surface area contributed by atoms with Crippen LogP contribution in [-0.2, 0) is 10.3 Å². The van der Waals surface area contributed by atoms with Crippen molar-refractivity contribution < 1.29 is 23.4 Å². The maximum absolute atomic E-state index is 13.4. The number of anilines is 1. The topological polar surface area (TPSA) is 84.6 Å². The van der Waals surface area contributed by atoms with Gasteiger partial charge in [0.25, 0.3) is 5.92 Å². The summed E-state index contributed by atoms with van der Waals surface area (Å²) in [6, 6.07) is 3.73. The molecule has 0 aromatic heterocycles. The number of benzene rings is 1. The predicted molar refractivity (Wildman–Crippen MR) is 73.4 cm³/mol. The van der Waals surface area contributed by atoms with E-state index >= 15 is 0 Å². The fourth-order valence-electron chi connectivity index (χ4n) is 2.02. The van der Waals surface area contributed by atoms with Crippen LogP contribution >= 0.6 is 0 Å². The number of carbonyl (C=O) groups is 1. The molecule has 1 atom stereocenters. The van der Waals surface area contributed by atoms with E-state index in [1.165, 1.54) is 12.1 Å². The molecule has 0 radical (unpaired) electrons. The smallest absolute Gasteiger partial charge is 0.412 e. The Morgan fingerprint density at radius 3 is 2.48 bits per heavy atom. The van der Waals surface area contributed by atoms with E-state index < -0.39 is 29.6 Å². The van der Waals surface area contributed by atoms with Gasteiger partial charge in [-0.1, -0.05) is 0 Å². The third kappa shape index (κ3) is 3.07. The molecule has 0 aliphatic heterocycles. The Hall–Kier alpha value is -1.89. The molecular weight excluding hydrogens is 282 g/mol. The van der Waals surface area contributed by atoms with Gasteiger partial charge < -0.3 is 15.6 Å². The lowest BCUT2D eigenvalue weighted by atomic mass is 10.0. The Balaban J connectivity index is 2.27. The van der Waals surface area contributed by atoms with Crippen LogP contribution in [0.2, 0.25) is 0 Å². The van der Waals surface area contributed by atoms with E-state index in [0.717, 1.165) is 6.07 Å². The average molecular weight is 300 g/mol. The van der Waals surface area contributed by atoms with Crippen molar-refractivity contribution in [2.45, 2.75) is 44.3 Å². The summed E-state index contributed by atoms with van der Waals surface area (Å²) in [6.07, 6.45) is -1.31. The fourth-order valence-corrected chi connectivity index (χ4v) is 2.02. The Kier molecular flexibility index (Phi) is 3.36. The van der Waals surface area contributed by atoms with E-state index in [2.05, 4.69) is 5.32 Å². The molecule has 2 rings (SSSR count). The summed E-state index contributed by atoms with van der Waals surface area (Å²) in [5, 5.41) is 11.9. The highest BCUT2D eigenvalue weighted by molar-refractivity contribution is 5.86. The van der Waals surface area contributed by atoms with E-state index in [0.29, 0.717) is 0 Å². The molecule has 0 bridgehead atoms. The number of nitrogens with two attached hydrogens (primary N) is 1. The zero-order chi connectivity index (χ0) is 16.1. The number of ether oxygens (including phenoxy) is 1. The second-order valence-corrected chi connectivity index (χ2v) is 6.21. The van der Waals surface area contributed by atoms with Crippen LogP contribution in [0.5, 0.6) is 5.75 Å². The maximum atomic E-state index is 13.4. The number of carbonyl (C=O) groups excluding carboxylic acids is 1. The largest absolute Gasteiger partial charge is 0.508 e. The first kappa shape index (κ1) is 15.5. The van der Waals surface area contributed by atoms with Crippen molar-refractivity contribution >= 4 is 11.8 Å². The van der Waals surface area contributed by atoms with Gasteiger partial charge in [-0.2, -0.15) is 0 Å². The highest BCUT2D eigenvalue weighted by Crippen LogP contribution is 2.59. The Morgan fingerprint density at radius 2 is 2.00 bits per heavy atom. The molecule has 4 N–H and O–H groups in total. The number of phenols is 1. The van der Waals surface area contributed by atoms with Crippen LogP contribution in [0.15, 0.2) is 18.2 Å². The van der Waals surface area contributed by atoms with Gasteiger partial charge in [-0.05, 0) is 39.0 Å². The van der Waals surface area contributed by atoms with E-state index in [-0.39, 0.29) is 17.0 Å². The Labute approximate surface area is 121 Å². The number of amides is 1. The van der Waals surface area contributed by atoms with Gasteiger partial charge in [0.2, 0.25) is 0 Å². The summed E-state index contributed by atoms with van der Waals surface area (Å²) in [7, 11) is 0. The van der Waals surface area contributed by atoms with Crippen molar-refractivity contribution in [2.75, 3.05) is 5.32 Å². The number of hydrogen-bond donors (Lipinski definition) is 3. The number of alkyl halides is 2. The van der Waals surface area contributed by atoms with E-state index in [9.17, 15) is 18.7 Å². The minimum absolute atomic E-state index is 0.0154. The molecule has 5 nitrogen and oxygen atoms in total. The quantitative estimate of drug-likeness (QED) is 0.733. The summed E-state index contributed by atoms with van der Waals surface area (Å²) in [5.74, 6) is -3.27. The molecule has 7 heteroatoms. The monoisotopic (exact) mass is 300 g/mol. The highest BCUT2D eigenvalue weighted by atomic mass is 19.3. The van der Waals surface area contributed by atoms with E-state index in [4.69, 9.17) is 10.5 Å². The number of phenolic OH excluding ortho intramolecular Hbond substituents is 1. The van der Waals surface area contributed by atoms with Crippen LogP contribution in [0, 0.1) is 0 Å². The van der Waals surface area contributed by atoms with Crippen molar-refractivity contribution in [1.29, 1.82) is 0 Å². The second-order valence-electron chi connectivity index (χ2n) is 6.21. The second kappa shape index (κ2) is 4.56. The normalized spacial score (nSPS) is 23.5. The standard InChI is InChI=1S/C14H18F2N2O3/c1-12(2,3)21-11(20)18-10-5-4-8(19)6-9(10)13(17)7-14(13,15)16/h4-6,19H,7,17H2,1-3H3,(H,18,20). The van der Waals surface area contributed by atoms with Gasteiger partial charge in [-0.3, -0.25) is 5.32 Å². The zero-order valence-electron chi connectivity index (χ0n) is 12.0. The lowest BCUT2D eigenvalue weighted by molar-refractivity contribution is 0.0634. The molecule has 116 valence electrons. The van der Waals surface area contributed by atoms with Gasteiger partial charge in [0.15, 0.2) is 0 Å². The zero-order valence-corrected chi connectivity index (χ0v) is 12.0. The van der Waals surface area contributed by atoms with Gasteiger partial charge >= 0.3 is 6.09 Å². The minimum atomic E-state index is -3.06. The molecule has 1 aromatic rings. The van der Waals surface area contributed by atoms with Crippen LogP contribution in [0.1, 0.15) is 32.8 Å². The molecule has 1 amide bonds. The molecule has 0 saturated heterocycles. The number of nitrogens with one attached hydrogen (secondary N) is 1. The molecular formula is C14H18F2N2O3. The lowest BCUT2D eigenvalue weighted by Gasteiger charge is -2.22. The Morgan fingerprint density at radius 1 is 1.43 bits per heavy atom. The number of hydrogen-bond acceptors (Lipinski definition) is 4. The summed E-state index contributed by atoms with van der Waals surface area (Å²) < 4.78 is 31.9. The lowest BCUT2D eigenvalue weighted by Crippen LogP contribution is -2.31. The molecule has 1 fully saturated rings. The summed E-state index contributed by atoms with van der Waals surface area (Å²) in [4.78, 5) is 11.7. The number of aromatic hydroxyl groups is 1. The average Bonchev–Trinajstić information content (AvgIpc) is 2.79. The predicted octanol–water partition coefficient (Wildman–Crippen LogP) is 2.93. The molecule has 21 heavy (non-hydrogen) atoms. The fraction of sp³-hybridized carbons (Fsp3) is 0.500. The van der Waals surface area contributed by atoms with Crippen LogP contribution in [0.3, 0.4) is 0 Å². The van der Waals surface area contributed by atoms with E-state index in [1.54, 1.807) is 20.8 Å². The first-order chi connectivity index (χ1) is 9.45.